The molecular weight excluding hydrogens is 224 g/mol. The molecule has 0 saturated carbocycles. The molecule has 1 aromatic rings. The molecule has 0 saturated heterocycles. The normalized spacial score (nSPS) is 11.4. The minimum atomic E-state index is 0.563. The highest BCUT2D eigenvalue weighted by Gasteiger charge is 2.05. The van der Waals surface area contributed by atoms with Crippen molar-refractivity contribution >= 4 is 0 Å². The molecule has 0 aliphatic heterocycles. The molecule has 0 amide bonds. The van der Waals surface area contributed by atoms with E-state index in [1.807, 2.05) is 6.20 Å². The fourth-order valence-electron chi connectivity index (χ4n) is 1.86. The zero-order valence-electron chi connectivity index (χ0n) is 11.9. The van der Waals surface area contributed by atoms with Crippen LogP contribution in [0.2, 0.25) is 0 Å². The maximum atomic E-state index is 5.57. The van der Waals surface area contributed by atoms with Crippen LogP contribution in [0.15, 0.2) is 18.3 Å². The van der Waals surface area contributed by atoms with Gasteiger partial charge in [0.15, 0.2) is 0 Å². The Hall–Kier alpha value is -0.970. The average Bonchev–Trinajstić information content (AvgIpc) is 2.38. The summed E-state index contributed by atoms with van der Waals surface area (Å²) < 4.78 is 0. The van der Waals surface area contributed by atoms with Crippen molar-refractivity contribution in [3.63, 3.8) is 0 Å². The second kappa shape index (κ2) is 8.19. The SMILES string of the molecule is CCN(CCCN(C)C)Cc1ccc(CN)cn1. The predicted molar refractivity (Wildman–Crippen MR) is 76.3 cm³/mol. The molecule has 0 unspecified atom stereocenters. The molecule has 0 radical (unpaired) electrons. The second-order valence-electron chi connectivity index (χ2n) is 4.89. The summed E-state index contributed by atoms with van der Waals surface area (Å²) in [5.41, 5.74) is 7.78. The Balaban J connectivity index is 2.41. The van der Waals surface area contributed by atoms with Gasteiger partial charge >= 0.3 is 0 Å². The molecule has 102 valence electrons. The van der Waals surface area contributed by atoms with Crippen LogP contribution in [0.1, 0.15) is 24.6 Å². The quantitative estimate of drug-likeness (QED) is 0.756. The largest absolute Gasteiger partial charge is 0.326 e. The van der Waals surface area contributed by atoms with Gasteiger partial charge in [0, 0.05) is 19.3 Å². The summed E-state index contributed by atoms with van der Waals surface area (Å²) in [6, 6.07) is 4.15. The van der Waals surface area contributed by atoms with Crippen molar-refractivity contribution in [3.8, 4) is 0 Å². The number of nitrogens with zero attached hydrogens (tertiary/aromatic N) is 3. The van der Waals surface area contributed by atoms with Crippen molar-refractivity contribution in [1.29, 1.82) is 0 Å². The van der Waals surface area contributed by atoms with Gasteiger partial charge in [-0.2, -0.15) is 0 Å². The van der Waals surface area contributed by atoms with Crippen LogP contribution in [0.5, 0.6) is 0 Å². The number of pyridine rings is 1. The lowest BCUT2D eigenvalue weighted by Gasteiger charge is -2.21. The fourth-order valence-corrected chi connectivity index (χ4v) is 1.86. The van der Waals surface area contributed by atoms with Crippen LogP contribution < -0.4 is 5.73 Å². The summed E-state index contributed by atoms with van der Waals surface area (Å²) in [6.45, 7) is 7.01. The van der Waals surface area contributed by atoms with E-state index in [1.165, 1.54) is 6.42 Å². The van der Waals surface area contributed by atoms with Crippen molar-refractivity contribution in [2.24, 2.45) is 5.73 Å². The van der Waals surface area contributed by atoms with E-state index in [9.17, 15) is 0 Å². The predicted octanol–water partition coefficient (Wildman–Crippen LogP) is 1.31. The van der Waals surface area contributed by atoms with Crippen molar-refractivity contribution in [1.82, 2.24) is 14.8 Å². The topological polar surface area (TPSA) is 45.4 Å². The van der Waals surface area contributed by atoms with Gasteiger partial charge in [-0.1, -0.05) is 13.0 Å². The number of hydrogen-bond acceptors (Lipinski definition) is 4. The first-order chi connectivity index (χ1) is 8.65. The molecule has 4 nitrogen and oxygen atoms in total. The third kappa shape index (κ3) is 5.58. The van der Waals surface area contributed by atoms with E-state index in [0.29, 0.717) is 6.54 Å². The highest BCUT2D eigenvalue weighted by Crippen LogP contribution is 2.04. The monoisotopic (exact) mass is 250 g/mol. The molecule has 1 rings (SSSR count). The van der Waals surface area contributed by atoms with Crippen LogP contribution in [0.4, 0.5) is 0 Å². The first-order valence-electron chi connectivity index (χ1n) is 6.66. The molecule has 0 bridgehead atoms. The Morgan fingerprint density at radius 1 is 1.22 bits per heavy atom. The van der Waals surface area contributed by atoms with E-state index in [4.69, 9.17) is 5.73 Å². The lowest BCUT2D eigenvalue weighted by Crippen LogP contribution is -2.27. The maximum absolute atomic E-state index is 5.57. The average molecular weight is 250 g/mol. The molecule has 1 aromatic heterocycles. The maximum Gasteiger partial charge on any atom is 0.0544 e. The zero-order valence-corrected chi connectivity index (χ0v) is 11.9. The lowest BCUT2D eigenvalue weighted by atomic mass is 10.2. The third-order valence-electron chi connectivity index (χ3n) is 3.03. The van der Waals surface area contributed by atoms with Gasteiger partial charge in [0.2, 0.25) is 0 Å². The summed E-state index contributed by atoms with van der Waals surface area (Å²) in [5, 5.41) is 0. The van der Waals surface area contributed by atoms with Gasteiger partial charge in [0.1, 0.15) is 0 Å². The third-order valence-corrected chi connectivity index (χ3v) is 3.03. The molecule has 0 spiro atoms. The first kappa shape index (κ1) is 15.1. The lowest BCUT2D eigenvalue weighted by molar-refractivity contribution is 0.256. The van der Waals surface area contributed by atoms with E-state index in [-0.39, 0.29) is 0 Å². The number of nitrogens with two attached hydrogens (primary N) is 1. The van der Waals surface area contributed by atoms with Gasteiger partial charge in [0.25, 0.3) is 0 Å². The van der Waals surface area contributed by atoms with Crippen LogP contribution in [-0.4, -0.2) is 48.5 Å². The Morgan fingerprint density at radius 2 is 2.00 bits per heavy atom. The Bertz CT molecular complexity index is 321. The van der Waals surface area contributed by atoms with E-state index < -0.39 is 0 Å². The van der Waals surface area contributed by atoms with Gasteiger partial charge in [-0.3, -0.25) is 9.88 Å². The number of aromatic nitrogens is 1. The molecule has 18 heavy (non-hydrogen) atoms. The minimum absolute atomic E-state index is 0.563. The van der Waals surface area contributed by atoms with E-state index >= 15 is 0 Å². The summed E-state index contributed by atoms with van der Waals surface area (Å²) in [4.78, 5) is 9.10. The molecule has 0 aliphatic rings. The van der Waals surface area contributed by atoms with E-state index in [1.54, 1.807) is 0 Å². The van der Waals surface area contributed by atoms with Crippen molar-refractivity contribution in [3.05, 3.63) is 29.6 Å². The Morgan fingerprint density at radius 3 is 2.50 bits per heavy atom. The van der Waals surface area contributed by atoms with Gasteiger partial charge in [0.05, 0.1) is 5.69 Å². The highest BCUT2D eigenvalue weighted by atomic mass is 15.1. The van der Waals surface area contributed by atoms with Gasteiger partial charge in [-0.25, -0.2) is 0 Å². The summed E-state index contributed by atoms with van der Waals surface area (Å²) >= 11 is 0. The molecular formula is C14H26N4. The Labute approximate surface area is 111 Å². The number of hydrogen-bond donors (Lipinski definition) is 1. The smallest absolute Gasteiger partial charge is 0.0544 e. The van der Waals surface area contributed by atoms with Gasteiger partial charge < -0.3 is 10.6 Å². The van der Waals surface area contributed by atoms with Gasteiger partial charge in [-0.05, 0) is 51.8 Å². The fraction of sp³-hybridized carbons (Fsp3) is 0.643. The zero-order chi connectivity index (χ0) is 13.4. The Kier molecular flexibility index (Phi) is 6.86. The molecule has 0 aromatic carbocycles. The standard InChI is InChI=1S/C14H26N4/c1-4-18(9-5-8-17(2)3)12-14-7-6-13(10-15)11-16-14/h6-7,11H,4-5,8-10,12,15H2,1-3H3. The van der Waals surface area contributed by atoms with E-state index in [0.717, 1.165) is 37.4 Å². The molecule has 0 fully saturated rings. The summed E-state index contributed by atoms with van der Waals surface area (Å²) in [6.07, 6.45) is 3.07. The van der Waals surface area contributed by atoms with Crippen LogP contribution in [0.3, 0.4) is 0 Å². The molecule has 0 atom stereocenters. The molecule has 2 N–H and O–H groups in total. The molecule has 0 aliphatic carbocycles. The molecule has 1 heterocycles. The highest BCUT2D eigenvalue weighted by molar-refractivity contribution is 5.13. The van der Waals surface area contributed by atoms with E-state index in [2.05, 4.69) is 47.9 Å². The summed E-state index contributed by atoms with van der Waals surface area (Å²) in [5.74, 6) is 0. The second-order valence-corrected chi connectivity index (χ2v) is 4.89. The minimum Gasteiger partial charge on any atom is -0.326 e. The van der Waals surface area contributed by atoms with Crippen LogP contribution in [0.25, 0.3) is 0 Å². The molecule has 4 heteroatoms. The van der Waals surface area contributed by atoms with Crippen molar-refractivity contribution < 1.29 is 0 Å². The van der Waals surface area contributed by atoms with Crippen molar-refractivity contribution in [2.75, 3.05) is 33.7 Å². The van der Waals surface area contributed by atoms with Crippen molar-refractivity contribution in [2.45, 2.75) is 26.4 Å². The van der Waals surface area contributed by atoms with Gasteiger partial charge in [-0.15, -0.1) is 0 Å². The van der Waals surface area contributed by atoms with Crippen LogP contribution in [0, 0.1) is 0 Å². The first-order valence-corrected chi connectivity index (χ1v) is 6.66. The van der Waals surface area contributed by atoms with Crippen LogP contribution in [-0.2, 0) is 13.1 Å². The summed E-state index contributed by atoms with van der Waals surface area (Å²) in [7, 11) is 4.23. The van der Waals surface area contributed by atoms with Crippen LogP contribution >= 0.6 is 0 Å². The number of rotatable bonds is 8.